The highest BCUT2D eigenvalue weighted by atomic mass is 32.3. The van der Waals surface area contributed by atoms with E-state index in [2.05, 4.69) is 10.5 Å². The second-order valence-corrected chi connectivity index (χ2v) is 7.70. The Morgan fingerprint density at radius 1 is 1.29 bits per heavy atom. The number of hydrogen-bond donors (Lipinski definition) is 1. The highest BCUT2D eigenvalue weighted by Gasteiger charge is 2.34. The molecule has 3 atom stereocenters. The van der Waals surface area contributed by atoms with Crippen LogP contribution in [0.15, 0.2) is 35.5 Å². The van der Waals surface area contributed by atoms with Gasteiger partial charge in [-0.2, -0.15) is 8.42 Å². The van der Waals surface area contributed by atoms with E-state index in [4.69, 9.17) is 4.84 Å². The molecule has 1 amide bonds. The predicted molar refractivity (Wildman–Crippen MR) is 86.6 cm³/mol. The van der Waals surface area contributed by atoms with E-state index < -0.39 is 22.1 Å². The fraction of sp³-hybridized carbons (Fsp3) is 0.500. The highest BCUT2D eigenvalue weighted by molar-refractivity contribution is 7.86. The molecule has 1 N–H and O–H groups in total. The van der Waals surface area contributed by atoms with Crippen LogP contribution in [0.3, 0.4) is 0 Å². The molecule has 0 aromatic heterocycles. The number of halogens is 1. The average Bonchev–Trinajstić information content (AvgIpc) is 3.16. The second kappa shape index (κ2) is 6.88. The van der Waals surface area contributed by atoms with Crippen molar-refractivity contribution in [2.75, 3.05) is 5.75 Å². The van der Waals surface area contributed by atoms with Gasteiger partial charge in [0.1, 0.15) is 0 Å². The molecule has 1 aliphatic heterocycles. The molecule has 1 aromatic carbocycles. The second-order valence-electron chi connectivity index (χ2n) is 6.29. The molecule has 0 saturated heterocycles. The Morgan fingerprint density at radius 3 is 2.75 bits per heavy atom. The number of hydrogen-bond acceptors (Lipinski definition) is 5. The number of rotatable bonds is 5. The van der Waals surface area contributed by atoms with E-state index in [0.717, 1.165) is 11.3 Å². The summed E-state index contributed by atoms with van der Waals surface area (Å²) in [5.41, 5.74) is 1.64. The fourth-order valence-corrected chi connectivity index (χ4v) is 4.12. The lowest BCUT2D eigenvalue weighted by molar-refractivity contribution is -0.131. The van der Waals surface area contributed by atoms with Gasteiger partial charge in [0.25, 0.3) is 5.91 Å². The zero-order valence-electron chi connectivity index (χ0n) is 13.0. The van der Waals surface area contributed by atoms with Gasteiger partial charge in [0.15, 0.2) is 0 Å². The summed E-state index contributed by atoms with van der Waals surface area (Å²) in [6, 6.07) is 9.35. The van der Waals surface area contributed by atoms with Gasteiger partial charge < -0.3 is 10.2 Å². The van der Waals surface area contributed by atoms with Gasteiger partial charge in [-0.3, -0.25) is 4.79 Å². The molecule has 1 unspecified atom stereocenters. The quantitative estimate of drug-likeness (QED) is 0.817. The third-order valence-corrected chi connectivity index (χ3v) is 5.26. The van der Waals surface area contributed by atoms with Crippen LogP contribution in [0, 0.1) is 5.92 Å². The van der Waals surface area contributed by atoms with E-state index in [1.54, 1.807) is 0 Å². The molecule has 0 spiro atoms. The third kappa shape index (κ3) is 4.31. The number of carbonyl (C=O) groups excluding carboxylic acids is 1. The normalized spacial score (nSPS) is 26.7. The standard InChI is InChI=1S/C16H19FN2O4S/c17-24(21,22)10-11-6-7-13(8-11)18-16(20)15-9-14(19-23-15)12-4-2-1-3-5-12/h1-5,11,13,15H,6-10H2,(H,18,20)/t11-,13+,15?/m1/s1. The maximum Gasteiger partial charge on any atom is 0.302 e. The maximum atomic E-state index is 12.7. The Labute approximate surface area is 140 Å². The fourth-order valence-electron chi connectivity index (χ4n) is 3.25. The van der Waals surface area contributed by atoms with E-state index in [0.29, 0.717) is 25.7 Å². The first-order chi connectivity index (χ1) is 11.4. The maximum absolute atomic E-state index is 12.7. The van der Waals surface area contributed by atoms with Crippen molar-refractivity contribution in [1.29, 1.82) is 0 Å². The van der Waals surface area contributed by atoms with Gasteiger partial charge in [0.05, 0.1) is 11.5 Å². The van der Waals surface area contributed by atoms with Crippen LogP contribution in [-0.4, -0.2) is 37.9 Å². The van der Waals surface area contributed by atoms with Gasteiger partial charge >= 0.3 is 10.2 Å². The van der Waals surface area contributed by atoms with Crippen LogP contribution in [0.1, 0.15) is 31.2 Å². The summed E-state index contributed by atoms with van der Waals surface area (Å²) in [7, 11) is -4.47. The molecule has 24 heavy (non-hydrogen) atoms. The highest BCUT2D eigenvalue weighted by Crippen LogP contribution is 2.27. The summed E-state index contributed by atoms with van der Waals surface area (Å²) in [6.07, 6.45) is 1.42. The number of oxime groups is 1. The van der Waals surface area contributed by atoms with Crippen molar-refractivity contribution in [1.82, 2.24) is 5.32 Å². The molecule has 8 heteroatoms. The monoisotopic (exact) mass is 354 g/mol. The number of carbonyl (C=O) groups is 1. The Balaban J connectivity index is 1.49. The smallest absolute Gasteiger partial charge is 0.302 e. The number of nitrogens with zero attached hydrogens (tertiary/aromatic N) is 1. The van der Waals surface area contributed by atoms with Gasteiger partial charge in [-0.25, -0.2) is 0 Å². The van der Waals surface area contributed by atoms with Crippen LogP contribution in [0.25, 0.3) is 0 Å². The van der Waals surface area contributed by atoms with Crippen LogP contribution in [-0.2, 0) is 19.9 Å². The molecule has 1 fully saturated rings. The van der Waals surface area contributed by atoms with Gasteiger partial charge in [0, 0.05) is 12.5 Å². The molecule has 1 saturated carbocycles. The topological polar surface area (TPSA) is 84.8 Å². The summed E-state index contributed by atoms with van der Waals surface area (Å²) in [5.74, 6) is -0.982. The molecule has 130 valence electrons. The van der Waals surface area contributed by atoms with E-state index in [-0.39, 0.29) is 17.9 Å². The van der Waals surface area contributed by atoms with Crippen molar-refractivity contribution in [3.63, 3.8) is 0 Å². The Bertz CT molecular complexity index is 736. The summed E-state index contributed by atoms with van der Waals surface area (Å²) >= 11 is 0. The minimum absolute atomic E-state index is 0.145. The van der Waals surface area contributed by atoms with Crippen molar-refractivity contribution in [3.8, 4) is 0 Å². The zero-order chi connectivity index (χ0) is 17.2. The molecule has 3 rings (SSSR count). The van der Waals surface area contributed by atoms with Gasteiger partial charge in [-0.15, -0.1) is 3.89 Å². The minimum atomic E-state index is -4.47. The van der Waals surface area contributed by atoms with E-state index in [1.165, 1.54) is 0 Å². The van der Waals surface area contributed by atoms with Crippen molar-refractivity contribution in [2.24, 2.45) is 11.1 Å². The first kappa shape index (κ1) is 16.9. The lowest BCUT2D eigenvalue weighted by atomic mass is 10.0. The van der Waals surface area contributed by atoms with Crippen molar-refractivity contribution in [2.45, 2.75) is 37.8 Å². The van der Waals surface area contributed by atoms with Crippen LogP contribution < -0.4 is 5.32 Å². The van der Waals surface area contributed by atoms with Gasteiger partial charge in [0.2, 0.25) is 6.10 Å². The summed E-state index contributed by atoms with van der Waals surface area (Å²) < 4.78 is 34.1. The summed E-state index contributed by atoms with van der Waals surface area (Å²) in [4.78, 5) is 17.5. The van der Waals surface area contributed by atoms with Crippen LogP contribution in [0.4, 0.5) is 3.89 Å². The largest absolute Gasteiger partial charge is 0.382 e. The predicted octanol–water partition coefficient (Wildman–Crippen LogP) is 1.76. The first-order valence-electron chi connectivity index (χ1n) is 7.91. The molecule has 2 aliphatic rings. The Kier molecular flexibility index (Phi) is 4.84. The minimum Gasteiger partial charge on any atom is -0.382 e. The number of benzene rings is 1. The van der Waals surface area contributed by atoms with Crippen LogP contribution >= 0.6 is 0 Å². The molecule has 1 heterocycles. The van der Waals surface area contributed by atoms with Gasteiger partial charge in [-0.05, 0) is 30.7 Å². The summed E-state index contributed by atoms with van der Waals surface area (Å²) in [6.45, 7) is 0. The van der Waals surface area contributed by atoms with Crippen molar-refractivity contribution >= 4 is 21.8 Å². The Hall–Kier alpha value is -1.96. The van der Waals surface area contributed by atoms with Gasteiger partial charge in [-0.1, -0.05) is 35.5 Å². The van der Waals surface area contributed by atoms with Crippen molar-refractivity contribution in [3.05, 3.63) is 35.9 Å². The lowest BCUT2D eigenvalue weighted by Gasteiger charge is -2.15. The van der Waals surface area contributed by atoms with E-state index in [9.17, 15) is 17.1 Å². The molecular weight excluding hydrogens is 335 g/mol. The zero-order valence-corrected chi connectivity index (χ0v) is 13.8. The molecule has 1 aliphatic carbocycles. The third-order valence-electron chi connectivity index (χ3n) is 4.39. The SMILES string of the molecule is O=C(N[C@H]1CC[C@@H](CS(=O)(=O)F)C1)C1CC(c2ccccc2)=NO1. The van der Waals surface area contributed by atoms with Crippen LogP contribution in [0.5, 0.6) is 0 Å². The molecule has 1 aromatic rings. The first-order valence-corrected chi connectivity index (χ1v) is 9.47. The van der Waals surface area contributed by atoms with E-state index in [1.807, 2.05) is 30.3 Å². The Morgan fingerprint density at radius 2 is 2.04 bits per heavy atom. The molecule has 6 nitrogen and oxygen atoms in total. The van der Waals surface area contributed by atoms with Crippen LogP contribution in [0.2, 0.25) is 0 Å². The van der Waals surface area contributed by atoms with E-state index >= 15 is 0 Å². The van der Waals surface area contributed by atoms with Crippen molar-refractivity contribution < 1.29 is 21.9 Å². The number of amides is 1. The summed E-state index contributed by atoms with van der Waals surface area (Å²) in [5, 5.41) is 6.83. The molecular formula is C16H19FN2O4S. The molecule has 0 bridgehead atoms. The average molecular weight is 354 g/mol. The molecule has 0 radical (unpaired) electrons. The lowest BCUT2D eigenvalue weighted by Crippen LogP contribution is -2.40. The number of nitrogens with one attached hydrogen (secondary N) is 1.